The molecular formula is C11H10F3N3O. The molecule has 0 radical (unpaired) electrons. The van der Waals surface area contributed by atoms with Gasteiger partial charge in [-0.2, -0.15) is 18.3 Å². The Bertz CT molecular complexity index is 568. The van der Waals surface area contributed by atoms with Crippen LogP contribution in [0.15, 0.2) is 30.7 Å². The number of aromatic nitrogens is 3. The van der Waals surface area contributed by atoms with E-state index in [4.69, 9.17) is 0 Å². The van der Waals surface area contributed by atoms with Gasteiger partial charge in [0.2, 0.25) is 5.78 Å². The van der Waals surface area contributed by atoms with E-state index in [-0.39, 0.29) is 12.3 Å². The summed E-state index contributed by atoms with van der Waals surface area (Å²) >= 11 is 0. The molecule has 0 aliphatic heterocycles. The van der Waals surface area contributed by atoms with Gasteiger partial charge in [-0.3, -0.25) is 9.48 Å². The molecule has 7 heteroatoms. The molecule has 0 saturated carbocycles. The fourth-order valence-electron chi connectivity index (χ4n) is 1.58. The molecule has 0 fully saturated rings. The zero-order chi connectivity index (χ0) is 13.3. The minimum atomic E-state index is -4.44. The molecule has 0 bridgehead atoms. The number of nitrogens with zero attached hydrogens (tertiary/aromatic N) is 3. The Morgan fingerprint density at radius 2 is 2.17 bits per heavy atom. The lowest BCUT2D eigenvalue weighted by Gasteiger charge is -2.03. The van der Waals surface area contributed by atoms with Crippen LogP contribution in [0.5, 0.6) is 0 Å². The third kappa shape index (κ3) is 2.44. The van der Waals surface area contributed by atoms with Crippen LogP contribution < -0.4 is 0 Å². The minimum Gasteiger partial charge on any atom is -0.348 e. The molecule has 0 amide bonds. The van der Waals surface area contributed by atoms with E-state index in [1.54, 1.807) is 29.9 Å². The second-order valence-electron chi connectivity index (χ2n) is 3.85. The average molecular weight is 257 g/mol. The fourth-order valence-corrected chi connectivity index (χ4v) is 1.58. The molecule has 0 N–H and O–H groups in total. The Balaban J connectivity index is 2.13. The van der Waals surface area contributed by atoms with Crippen molar-refractivity contribution >= 4 is 5.78 Å². The molecule has 96 valence electrons. The SMILES string of the molecule is Cn1cccc1C(=O)Cn1cc(C(F)(F)F)cn1. The highest BCUT2D eigenvalue weighted by Gasteiger charge is 2.32. The highest BCUT2D eigenvalue weighted by molar-refractivity contribution is 5.94. The highest BCUT2D eigenvalue weighted by atomic mass is 19.4. The first-order valence-corrected chi connectivity index (χ1v) is 5.12. The average Bonchev–Trinajstić information content (AvgIpc) is 2.85. The van der Waals surface area contributed by atoms with Gasteiger partial charge >= 0.3 is 6.18 Å². The van der Waals surface area contributed by atoms with Crippen LogP contribution in [0.3, 0.4) is 0 Å². The van der Waals surface area contributed by atoms with Crippen molar-refractivity contribution in [2.45, 2.75) is 12.7 Å². The first-order valence-electron chi connectivity index (χ1n) is 5.12. The fraction of sp³-hybridized carbons (Fsp3) is 0.273. The van der Waals surface area contributed by atoms with E-state index >= 15 is 0 Å². The number of ketones is 1. The summed E-state index contributed by atoms with van der Waals surface area (Å²) in [6.45, 7) is -0.214. The normalized spacial score (nSPS) is 11.8. The molecule has 0 spiro atoms. The van der Waals surface area contributed by atoms with Crippen LogP contribution in [0.2, 0.25) is 0 Å². The molecule has 2 aromatic heterocycles. The van der Waals surface area contributed by atoms with Crippen LogP contribution in [-0.2, 0) is 19.8 Å². The number of rotatable bonds is 3. The van der Waals surface area contributed by atoms with Gasteiger partial charge in [0.15, 0.2) is 0 Å². The number of Topliss-reactive ketones (excluding diaryl/α,β-unsaturated/α-hetero) is 1. The van der Waals surface area contributed by atoms with Crippen LogP contribution in [-0.4, -0.2) is 20.1 Å². The Labute approximate surface area is 101 Å². The number of alkyl halides is 3. The topological polar surface area (TPSA) is 39.8 Å². The molecule has 2 heterocycles. The van der Waals surface area contributed by atoms with Gasteiger partial charge < -0.3 is 4.57 Å². The first-order chi connectivity index (χ1) is 8.38. The molecule has 2 rings (SSSR count). The number of hydrogen-bond acceptors (Lipinski definition) is 2. The van der Waals surface area contributed by atoms with E-state index in [0.717, 1.165) is 10.9 Å². The molecule has 0 saturated heterocycles. The van der Waals surface area contributed by atoms with Gasteiger partial charge in [0.05, 0.1) is 17.5 Å². The smallest absolute Gasteiger partial charge is 0.348 e. The second-order valence-corrected chi connectivity index (χ2v) is 3.85. The van der Waals surface area contributed by atoms with Crippen molar-refractivity contribution < 1.29 is 18.0 Å². The lowest BCUT2D eigenvalue weighted by atomic mass is 10.3. The first kappa shape index (κ1) is 12.4. The van der Waals surface area contributed by atoms with Crippen LogP contribution >= 0.6 is 0 Å². The molecule has 4 nitrogen and oxygen atoms in total. The Morgan fingerprint density at radius 3 is 2.67 bits per heavy atom. The van der Waals surface area contributed by atoms with E-state index in [1.165, 1.54) is 0 Å². The molecule has 18 heavy (non-hydrogen) atoms. The predicted octanol–water partition coefficient (Wildman–Crippen LogP) is 2.12. The quantitative estimate of drug-likeness (QED) is 0.790. The zero-order valence-electron chi connectivity index (χ0n) is 9.48. The number of aryl methyl sites for hydroxylation is 1. The molecule has 0 unspecified atom stereocenters. The summed E-state index contributed by atoms with van der Waals surface area (Å²) in [6.07, 6.45) is -1.22. The van der Waals surface area contributed by atoms with E-state index in [1.807, 2.05) is 0 Å². The molecular weight excluding hydrogens is 247 g/mol. The largest absolute Gasteiger partial charge is 0.419 e. The van der Waals surface area contributed by atoms with Crippen molar-refractivity contribution in [1.29, 1.82) is 0 Å². The highest BCUT2D eigenvalue weighted by Crippen LogP contribution is 2.28. The van der Waals surface area contributed by atoms with Gasteiger partial charge in [-0.15, -0.1) is 0 Å². The summed E-state index contributed by atoms with van der Waals surface area (Å²) in [5.74, 6) is -0.292. The van der Waals surface area contributed by atoms with Crippen molar-refractivity contribution in [2.75, 3.05) is 0 Å². The number of halogens is 3. The van der Waals surface area contributed by atoms with Gasteiger partial charge in [0.1, 0.15) is 6.54 Å². The maximum Gasteiger partial charge on any atom is 0.419 e. The van der Waals surface area contributed by atoms with Gasteiger partial charge in [0.25, 0.3) is 0 Å². The van der Waals surface area contributed by atoms with Crippen molar-refractivity contribution in [2.24, 2.45) is 7.05 Å². The summed E-state index contributed by atoms with van der Waals surface area (Å²) in [5.41, 5.74) is -0.429. The monoisotopic (exact) mass is 257 g/mol. The zero-order valence-corrected chi connectivity index (χ0v) is 9.48. The summed E-state index contributed by atoms with van der Waals surface area (Å²) in [6, 6.07) is 3.30. The van der Waals surface area contributed by atoms with Gasteiger partial charge in [-0.05, 0) is 12.1 Å². The summed E-state index contributed by atoms with van der Waals surface area (Å²) in [5, 5.41) is 3.53. The van der Waals surface area contributed by atoms with E-state index in [0.29, 0.717) is 11.9 Å². The van der Waals surface area contributed by atoms with Gasteiger partial charge in [0, 0.05) is 19.4 Å². The number of carbonyl (C=O) groups is 1. The lowest BCUT2D eigenvalue weighted by Crippen LogP contribution is -2.14. The lowest BCUT2D eigenvalue weighted by molar-refractivity contribution is -0.137. The number of carbonyl (C=O) groups excluding carboxylic acids is 1. The summed E-state index contributed by atoms with van der Waals surface area (Å²) < 4.78 is 39.6. The van der Waals surface area contributed by atoms with Crippen LogP contribution in [0, 0.1) is 0 Å². The Morgan fingerprint density at radius 1 is 1.44 bits per heavy atom. The molecule has 0 aromatic carbocycles. The third-order valence-electron chi connectivity index (χ3n) is 2.50. The van der Waals surface area contributed by atoms with E-state index in [2.05, 4.69) is 5.10 Å². The van der Waals surface area contributed by atoms with Gasteiger partial charge in [-0.25, -0.2) is 0 Å². The predicted molar refractivity (Wildman–Crippen MR) is 57.0 cm³/mol. The molecule has 0 aliphatic rings. The van der Waals surface area contributed by atoms with E-state index < -0.39 is 11.7 Å². The molecule has 0 atom stereocenters. The summed E-state index contributed by atoms with van der Waals surface area (Å²) in [4.78, 5) is 11.8. The Kier molecular flexibility index (Phi) is 2.98. The summed E-state index contributed by atoms with van der Waals surface area (Å²) in [7, 11) is 1.69. The molecule has 0 aliphatic carbocycles. The van der Waals surface area contributed by atoms with Crippen molar-refractivity contribution in [3.05, 3.63) is 42.0 Å². The van der Waals surface area contributed by atoms with Crippen LogP contribution in [0.25, 0.3) is 0 Å². The standard InChI is InChI=1S/C11H10F3N3O/c1-16-4-2-3-9(16)10(18)7-17-6-8(5-15-17)11(12,13)14/h2-6H,7H2,1H3. The van der Waals surface area contributed by atoms with Crippen LogP contribution in [0.4, 0.5) is 13.2 Å². The maximum atomic E-state index is 12.3. The van der Waals surface area contributed by atoms with E-state index in [9.17, 15) is 18.0 Å². The third-order valence-corrected chi connectivity index (χ3v) is 2.50. The van der Waals surface area contributed by atoms with Crippen molar-refractivity contribution in [3.8, 4) is 0 Å². The Hall–Kier alpha value is -2.05. The van der Waals surface area contributed by atoms with Crippen molar-refractivity contribution in [3.63, 3.8) is 0 Å². The molecule has 2 aromatic rings. The van der Waals surface area contributed by atoms with Crippen LogP contribution in [0.1, 0.15) is 16.1 Å². The minimum absolute atomic E-state index is 0.214. The second kappa shape index (κ2) is 4.32. The number of hydrogen-bond donors (Lipinski definition) is 0. The van der Waals surface area contributed by atoms with Crippen molar-refractivity contribution in [1.82, 2.24) is 14.3 Å². The maximum absolute atomic E-state index is 12.3. The van der Waals surface area contributed by atoms with Gasteiger partial charge in [-0.1, -0.05) is 0 Å².